The van der Waals surface area contributed by atoms with Gasteiger partial charge in [0.15, 0.2) is 0 Å². The van der Waals surface area contributed by atoms with Crippen molar-refractivity contribution in [3.05, 3.63) is 35.9 Å². The first-order valence-corrected chi connectivity index (χ1v) is 4.43. The highest BCUT2D eigenvalue weighted by Crippen LogP contribution is 2.19. The van der Waals surface area contributed by atoms with Crippen LogP contribution in [0.2, 0.25) is 0 Å². The van der Waals surface area contributed by atoms with Crippen LogP contribution in [0.15, 0.2) is 30.3 Å². The molecule has 0 heterocycles. The fraction of sp³-hybridized carbons (Fsp3) is 0.455. The Morgan fingerprint density at radius 3 is 2.25 bits per heavy atom. The van der Waals surface area contributed by atoms with Crippen molar-refractivity contribution >= 4 is 0 Å². The molecule has 0 saturated carbocycles. The summed E-state index contributed by atoms with van der Waals surface area (Å²) in [6.45, 7) is 3.97. The molecule has 1 N–H and O–H groups in total. The van der Waals surface area contributed by atoms with E-state index in [-0.39, 0.29) is 6.10 Å². The Kier molecular flexibility index (Phi) is 3.30. The molecular formula is C11H16O. The van der Waals surface area contributed by atoms with Crippen molar-refractivity contribution in [3.8, 4) is 0 Å². The molecule has 1 aromatic rings. The zero-order valence-electron chi connectivity index (χ0n) is 7.70. The van der Waals surface area contributed by atoms with Crippen LogP contribution in [-0.4, -0.2) is 11.2 Å². The third-order valence-electron chi connectivity index (χ3n) is 2.06. The number of hydrogen-bond acceptors (Lipinski definition) is 1. The Hall–Kier alpha value is -0.820. The van der Waals surface area contributed by atoms with Crippen LogP contribution in [0.25, 0.3) is 0 Å². The smallest absolute Gasteiger partial charge is 0.0517 e. The van der Waals surface area contributed by atoms with Gasteiger partial charge in [0.05, 0.1) is 6.10 Å². The molecule has 0 amide bonds. The molecule has 1 aromatic carbocycles. The standard InChI is InChI=1S/C11H16O/c1-9(8-10(2)12)11-6-4-3-5-7-11/h3-7,9-10,12H,8H2,1-2H3/t9-,10-/m0/s1. The summed E-state index contributed by atoms with van der Waals surface area (Å²) >= 11 is 0. The third-order valence-corrected chi connectivity index (χ3v) is 2.06. The maximum atomic E-state index is 9.18. The molecule has 0 aliphatic rings. The summed E-state index contributed by atoms with van der Waals surface area (Å²) in [6, 6.07) is 10.3. The van der Waals surface area contributed by atoms with Crippen LogP contribution >= 0.6 is 0 Å². The molecule has 2 atom stereocenters. The van der Waals surface area contributed by atoms with Gasteiger partial charge in [0.25, 0.3) is 0 Å². The first kappa shape index (κ1) is 9.27. The fourth-order valence-corrected chi connectivity index (χ4v) is 1.43. The lowest BCUT2D eigenvalue weighted by molar-refractivity contribution is 0.176. The van der Waals surface area contributed by atoms with Crippen molar-refractivity contribution in [2.45, 2.75) is 32.3 Å². The van der Waals surface area contributed by atoms with Crippen LogP contribution in [0.4, 0.5) is 0 Å². The van der Waals surface area contributed by atoms with E-state index in [0.717, 1.165) is 6.42 Å². The zero-order chi connectivity index (χ0) is 8.97. The van der Waals surface area contributed by atoms with Gasteiger partial charge in [0.2, 0.25) is 0 Å². The fourth-order valence-electron chi connectivity index (χ4n) is 1.43. The van der Waals surface area contributed by atoms with Crippen LogP contribution < -0.4 is 0 Å². The Morgan fingerprint density at radius 2 is 1.75 bits per heavy atom. The Labute approximate surface area is 74.1 Å². The summed E-state index contributed by atoms with van der Waals surface area (Å²) in [4.78, 5) is 0. The van der Waals surface area contributed by atoms with Gasteiger partial charge in [-0.15, -0.1) is 0 Å². The Morgan fingerprint density at radius 1 is 1.17 bits per heavy atom. The van der Waals surface area contributed by atoms with E-state index in [9.17, 15) is 5.11 Å². The SMILES string of the molecule is C[C@H](O)C[C@H](C)c1ccccc1. The van der Waals surface area contributed by atoms with E-state index < -0.39 is 0 Å². The van der Waals surface area contributed by atoms with Gasteiger partial charge in [0.1, 0.15) is 0 Å². The molecule has 0 radical (unpaired) electrons. The van der Waals surface area contributed by atoms with Crippen molar-refractivity contribution in [2.24, 2.45) is 0 Å². The van der Waals surface area contributed by atoms with Gasteiger partial charge < -0.3 is 5.11 Å². The number of benzene rings is 1. The molecule has 0 fully saturated rings. The molecular weight excluding hydrogens is 148 g/mol. The van der Waals surface area contributed by atoms with Crippen molar-refractivity contribution < 1.29 is 5.11 Å². The second kappa shape index (κ2) is 4.27. The minimum atomic E-state index is -0.208. The highest BCUT2D eigenvalue weighted by Gasteiger charge is 2.07. The number of hydrogen-bond donors (Lipinski definition) is 1. The maximum absolute atomic E-state index is 9.18. The van der Waals surface area contributed by atoms with Gasteiger partial charge in [-0.3, -0.25) is 0 Å². The van der Waals surface area contributed by atoms with E-state index in [0.29, 0.717) is 5.92 Å². The molecule has 0 aromatic heterocycles. The van der Waals surface area contributed by atoms with Gasteiger partial charge >= 0.3 is 0 Å². The monoisotopic (exact) mass is 164 g/mol. The third kappa shape index (κ3) is 2.67. The largest absolute Gasteiger partial charge is 0.393 e. The predicted octanol–water partition coefficient (Wildman–Crippen LogP) is 2.56. The molecule has 1 heteroatoms. The van der Waals surface area contributed by atoms with Crippen LogP contribution in [0.5, 0.6) is 0 Å². The summed E-state index contributed by atoms with van der Waals surface area (Å²) in [5.74, 6) is 0.450. The quantitative estimate of drug-likeness (QED) is 0.728. The minimum Gasteiger partial charge on any atom is -0.393 e. The van der Waals surface area contributed by atoms with E-state index in [1.54, 1.807) is 0 Å². The van der Waals surface area contributed by atoms with E-state index in [1.165, 1.54) is 5.56 Å². The highest BCUT2D eigenvalue weighted by molar-refractivity contribution is 5.18. The average molecular weight is 164 g/mol. The van der Waals surface area contributed by atoms with Gasteiger partial charge in [-0.2, -0.15) is 0 Å². The molecule has 66 valence electrons. The summed E-state index contributed by atoms with van der Waals surface area (Å²) < 4.78 is 0. The lowest BCUT2D eigenvalue weighted by Gasteiger charge is -2.12. The van der Waals surface area contributed by atoms with Gasteiger partial charge in [-0.1, -0.05) is 37.3 Å². The van der Waals surface area contributed by atoms with Crippen LogP contribution in [0.1, 0.15) is 31.7 Å². The topological polar surface area (TPSA) is 20.2 Å². The molecule has 0 aliphatic carbocycles. The highest BCUT2D eigenvalue weighted by atomic mass is 16.3. The molecule has 0 aliphatic heterocycles. The first-order chi connectivity index (χ1) is 5.70. The van der Waals surface area contributed by atoms with E-state index in [2.05, 4.69) is 19.1 Å². The molecule has 0 bridgehead atoms. The lowest BCUT2D eigenvalue weighted by atomic mass is 9.96. The van der Waals surface area contributed by atoms with Crippen molar-refractivity contribution in [2.75, 3.05) is 0 Å². The number of aliphatic hydroxyl groups excluding tert-OH is 1. The van der Waals surface area contributed by atoms with Crippen LogP contribution in [0, 0.1) is 0 Å². The van der Waals surface area contributed by atoms with Crippen molar-refractivity contribution in [3.63, 3.8) is 0 Å². The van der Waals surface area contributed by atoms with Gasteiger partial charge in [0, 0.05) is 0 Å². The minimum absolute atomic E-state index is 0.208. The maximum Gasteiger partial charge on any atom is 0.0517 e. The summed E-state index contributed by atoms with van der Waals surface area (Å²) in [5, 5.41) is 9.18. The normalized spacial score (nSPS) is 15.6. The summed E-state index contributed by atoms with van der Waals surface area (Å²) in [7, 11) is 0. The Bertz CT molecular complexity index is 216. The Balaban J connectivity index is 2.59. The average Bonchev–Trinajstić information content (AvgIpc) is 2.05. The van der Waals surface area contributed by atoms with E-state index in [1.807, 2.05) is 25.1 Å². The van der Waals surface area contributed by atoms with Gasteiger partial charge in [-0.05, 0) is 24.8 Å². The zero-order valence-corrected chi connectivity index (χ0v) is 7.70. The molecule has 1 rings (SSSR count). The predicted molar refractivity (Wildman–Crippen MR) is 51.2 cm³/mol. The summed E-state index contributed by atoms with van der Waals surface area (Å²) in [6.07, 6.45) is 0.629. The second-order valence-electron chi connectivity index (χ2n) is 3.40. The molecule has 0 saturated heterocycles. The first-order valence-electron chi connectivity index (χ1n) is 4.43. The van der Waals surface area contributed by atoms with E-state index in [4.69, 9.17) is 0 Å². The van der Waals surface area contributed by atoms with Crippen LogP contribution in [0.3, 0.4) is 0 Å². The number of rotatable bonds is 3. The summed E-state index contributed by atoms with van der Waals surface area (Å²) in [5.41, 5.74) is 1.30. The molecule has 1 nitrogen and oxygen atoms in total. The number of aliphatic hydroxyl groups is 1. The molecule has 0 spiro atoms. The molecule has 12 heavy (non-hydrogen) atoms. The van der Waals surface area contributed by atoms with Crippen molar-refractivity contribution in [1.82, 2.24) is 0 Å². The van der Waals surface area contributed by atoms with Crippen molar-refractivity contribution in [1.29, 1.82) is 0 Å². The second-order valence-corrected chi connectivity index (χ2v) is 3.40. The van der Waals surface area contributed by atoms with Gasteiger partial charge in [-0.25, -0.2) is 0 Å². The van der Waals surface area contributed by atoms with Crippen LogP contribution in [-0.2, 0) is 0 Å². The molecule has 0 unspecified atom stereocenters. The van der Waals surface area contributed by atoms with E-state index >= 15 is 0 Å². The lowest BCUT2D eigenvalue weighted by Crippen LogP contribution is -2.05.